The molecule has 512 valence electrons. The van der Waals surface area contributed by atoms with Gasteiger partial charge in [0.25, 0.3) is 6.29 Å². The van der Waals surface area contributed by atoms with Crippen molar-refractivity contribution in [1.29, 1.82) is 0 Å². The van der Waals surface area contributed by atoms with Crippen LogP contribution in [0, 0.1) is 0 Å². The van der Waals surface area contributed by atoms with Crippen LogP contribution in [0.5, 0.6) is 0 Å². The van der Waals surface area contributed by atoms with Gasteiger partial charge in [0.15, 0.2) is 6.10 Å². The van der Waals surface area contributed by atoms with Crippen LogP contribution in [-0.4, -0.2) is 87.4 Å². The summed E-state index contributed by atoms with van der Waals surface area (Å²) in [5.74, 6) is -2.02. The van der Waals surface area contributed by atoms with Crippen molar-refractivity contribution in [2.45, 2.75) is 334 Å². The van der Waals surface area contributed by atoms with Crippen molar-refractivity contribution in [3.63, 3.8) is 0 Å². The second-order valence-electron chi connectivity index (χ2n) is 25.9. The van der Waals surface area contributed by atoms with Gasteiger partial charge in [0.05, 0.1) is 34.4 Å². The van der Waals surface area contributed by atoms with Gasteiger partial charge < -0.3 is 28.5 Å². The van der Waals surface area contributed by atoms with E-state index >= 15 is 0 Å². The second kappa shape index (κ2) is 69.8. The second-order valence-corrected chi connectivity index (χ2v) is 25.9. The normalized spacial score (nSPS) is 13.3. The molecule has 0 bridgehead atoms. The third kappa shape index (κ3) is 71.3. The first-order valence-electron chi connectivity index (χ1n) is 37.1. The molecule has 0 heterocycles. The third-order valence-corrected chi connectivity index (χ3v) is 16.0. The number of allylic oxidation sites excluding steroid dienone is 18. The van der Waals surface area contributed by atoms with Gasteiger partial charge in [-0.2, -0.15) is 0 Å². The van der Waals surface area contributed by atoms with E-state index in [-0.39, 0.29) is 32.2 Å². The number of quaternary nitrogens is 1. The molecule has 0 spiro atoms. The molecule has 9 heteroatoms. The fraction of sp³-hybridized carbons (Fsp3) is 0.738. The minimum Gasteiger partial charge on any atom is -0.477 e. The number of esters is 2. The molecule has 0 saturated carbocycles. The molecule has 0 aliphatic carbocycles. The van der Waals surface area contributed by atoms with Crippen molar-refractivity contribution in [3.05, 3.63) is 109 Å². The van der Waals surface area contributed by atoms with E-state index in [0.29, 0.717) is 23.9 Å². The standard InChI is InChI=1S/C80H139NO8/c1-6-8-10-12-14-16-18-20-22-24-26-28-30-32-33-34-35-36-37-38-39-40-41-42-43-44-45-47-48-50-52-54-56-58-60-62-64-66-68-70-77(82)87-74-76(75-88-80(79(84)85)86-73-72-81(3,4)5)89-78(83)71-69-67-65-63-61-59-57-55-53-51-49-46-31-29-27-25-23-21-19-17-15-13-11-9-7-2/h9,11,15,17-18,20-21,23-24,26-27,29-30,32,46,49,53,55,76,80H,6-8,10,12-14,16,19,22,25,28,31,33-45,47-48,50-52,54,56-75H2,1-5H3/p+1/b11-9-,17-15-,20-18-,23-21-,26-24-,29-27-,32-30-,49-46-,55-53-. The van der Waals surface area contributed by atoms with E-state index < -0.39 is 24.3 Å². The Hall–Kier alpha value is -4.05. The van der Waals surface area contributed by atoms with E-state index in [2.05, 4.69) is 123 Å². The molecular formula is C80H140NO8+. The summed E-state index contributed by atoms with van der Waals surface area (Å²) in [6.45, 7) is 4.76. The number of rotatable bonds is 68. The van der Waals surface area contributed by atoms with Crippen LogP contribution < -0.4 is 0 Å². The number of hydrogen-bond acceptors (Lipinski definition) is 7. The van der Waals surface area contributed by atoms with Crippen LogP contribution in [0.4, 0.5) is 0 Å². The maximum absolute atomic E-state index is 12.9. The number of nitrogens with zero attached hydrogens (tertiary/aromatic N) is 1. The molecule has 0 fully saturated rings. The fourth-order valence-electron chi connectivity index (χ4n) is 10.4. The highest BCUT2D eigenvalue weighted by molar-refractivity contribution is 5.71. The van der Waals surface area contributed by atoms with Gasteiger partial charge in [0.2, 0.25) is 0 Å². The largest absolute Gasteiger partial charge is 0.477 e. The zero-order valence-electron chi connectivity index (χ0n) is 58.6. The number of carbonyl (C=O) groups is 3. The van der Waals surface area contributed by atoms with E-state index in [4.69, 9.17) is 18.9 Å². The van der Waals surface area contributed by atoms with Crippen LogP contribution in [0.25, 0.3) is 0 Å². The summed E-state index contributed by atoms with van der Waals surface area (Å²) in [6.07, 6.45) is 95.1. The van der Waals surface area contributed by atoms with Gasteiger partial charge in [-0.05, 0) is 103 Å². The highest BCUT2D eigenvalue weighted by Crippen LogP contribution is 2.18. The van der Waals surface area contributed by atoms with Gasteiger partial charge in [-0.3, -0.25) is 9.59 Å². The quantitative estimate of drug-likeness (QED) is 0.0211. The zero-order valence-corrected chi connectivity index (χ0v) is 58.6. The number of carboxylic acids is 1. The van der Waals surface area contributed by atoms with Gasteiger partial charge in [0, 0.05) is 12.8 Å². The predicted octanol–water partition coefficient (Wildman–Crippen LogP) is 23.4. The van der Waals surface area contributed by atoms with E-state index in [1.165, 1.54) is 180 Å². The Bertz CT molecular complexity index is 1830. The lowest BCUT2D eigenvalue weighted by atomic mass is 10.0. The molecule has 0 aromatic rings. The number of carboxylic acid groups (broad SMARTS) is 1. The van der Waals surface area contributed by atoms with Crippen LogP contribution >= 0.6 is 0 Å². The van der Waals surface area contributed by atoms with E-state index in [9.17, 15) is 19.5 Å². The third-order valence-electron chi connectivity index (χ3n) is 16.0. The van der Waals surface area contributed by atoms with Gasteiger partial charge in [-0.15, -0.1) is 0 Å². The molecule has 89 heavy (non-hydrogen) atoms. The molecule has 0 aromatic heterocycles. The van der Waals surface area contributed by atoms with E-state index in [1.807, 2.05) is 21.1 Å². The Morgan fingerprint density at radius 1 is 0.348 bits per heavy atom. The van der Waals surface area contributed by atoms with Crippen molar-refractivity contribution in [2.24, 2.45) is 0 Å². The lowest BCUT2D eigenvalue weighted by Crippen LogP contribution is -2.40. The highest BCUT2D eigenvalue weighted by Gasteiger charge is 2.25. The first-order valence-corrected chi connectivity index (χ1v) is 37.1. The Morgan fingerprint density at radius 3 is 0.955 bits per heavy atom. The van der Waals surface area contributed by atoms with Crippen molar-refractivity contribution >= 4 is 17.9 Å². The fourth-order valence-corrected chi connectivity index (χ4v) is 10.4. The lowest BCUT2D eigenvalue weighted by molar-refractivity contribution is -0.870. The zero-order chi connectivity index (χ0) is 64.7. The van der Waals surface area contributed by atoms with Gasteiger partial charge in [-0.25, -0.2) is 4.79 Å². The van der Waals surface area contributed by atoms with Crippen LogP contribution in [-0.2, 0) is 33.3 Å². The number of hydrogen-bond donors (Lipinski definition) is 1. The summed E-state index contributed by atoms with van der Waals surface area (Å²) in [6, 6.07) is 0. The van der Waals surface area contributed by atoms with Gasteiger partial charge >= 0.3 is 17.9 Å². The maximum atomic E-state index is 12.9. The summed E-state index contributed by atoms with van der Waals surface area (Å²) in [5.41, 5.74) is 0. The minimum atomic E-state index is -1.52. The number of unbranched alkanes of at least 4 members (excludes halogenated alkanes) is 35. The van der Waals surface area contributed by atoms with Crippen LogP contribution in [0.2, 0.25) is 0 Å². The minimum absolute atomic E-state index is 0.181. The molecule has 0 aliphatic rings. The topological polar surface area (TPSA) is 108 Å². The summed E-state index contributed by atoms with van der Waals surface area (Å²) in [7, 11) is 5.97. The van der Waals surface area contributed by atoms with Crippen molar-refractivity contribution in [3.8, 4) is 0 Å². The van der Waals surface area contributed by atoms with Crippen LogP contribution in [0.15, 0.2) is 109 Å². The Kier molecular flexibility index (Phi) is 66.7. The molecule has 0 aliphatic heterocycles. The van der Waals surface area contributed by atoms with E-state index in [1.54, 1.807) is 0 Å². The SMILES string of the molecule is CC/C=C\C/C=C\C/C=C\C/C=C\C/C=C\C/C=C\CCCCCCCCC(=O)OC(COC(=O)CCCCCCCCCCCCCCCCCCCCCCCCCC/C=C\C/C=C\C/C=C\CCCCCCC)COC(OCC[N+](C)(C)C)C(=O)O. The van der Waals surface area contributed by atoms with Gasteiger partial charge in [-0.1, -0.05) is 316 Å². The van der Waals surface area contributed by atoms with Gasteiger partial charge in [0.1, 0.15) is 13.2 Å². The molecular weight excluding hydrogens is 1100 g/mol. The van der Waals surface area contributed by atoms with E-state index in [0.717, 1.165) is 109 Å². The monoisotopic (exact) mass is 1240 g/mol. The summed E-state index contributed by atoms with van der Waals surface area (Å²) in [5, 5.41) is 9.75. The molecule has 0 saturated heterocycles. The first-order chi connectivity index (χ1) is 43.6. The molecule has 0 rings (SSSR count). The first kappa shape index (κ1) is 85.0. The highest BCUT2D eigenvalue weighted by atomic mass is 16.7. The molecule has 0 amide bonds. The number of likely N-dealkylation sites (N-methyl/N-ethyl adjacent to an activating group) is 1. The molecule has 2 unspecified atom stereocenters. The Morgan fingerprint density at radius 2 is 0.640 bits per heavy atom. The van der Waals surface area contributed by atoms with Crippen molar-refractivity contribution in [1.82, 2.24) is 0 Å². The lowest BCUT2D eigenvalue weighted by Gasteiger charge is -2.25. The maximum Gasteiger partial charge on any atom is 0.361 e. The Labute approximate surface area is 549 Å². The summed E-state index contributed by atoms with van der Waals surface area (Å²) < 4.78 is 23.0. The smallest absolute Gasteiger partial charge is 0.361 e. The van der Waals surface area contributed by atoms with Crippen molar-refractivity contribution in [2.75, 3.05) is 47.5 Å². The average Bonchev–Trinajstić information content (AvgIpc) is 3.64. The predicted molar refractivity (Wildman–Crippen MR) is 382 cm³/mol. The number of carbonyl (C=O) groups excluding carboxylic acids is 2. The number of aliphatic carboxylic acids is 1. The van der Waals surface area contributed by atoms with Crippen LogP contribution in [0.1, 0.15) is 322 Å². The Balaban J connectivity index is 4.04. The molecule has 9 nitrogen and oxygen atoms in total. The molecule has 2 atom stereocenters. The van der Waals surface area contributed by atoms with Crippen LogP contribution in [0.3, 0.4) is 0 Å². The molecule has 0 radical (unpaired) electrons. The van der Waals surface area contributed by atoms with Crippen molar-refractivity contribution < 1.29 is 42.9 Å². The molecule has 0 aromatic carbocycles. The number of ether oxygens (including phenoxy) is 4. The summed E-state index contributed by atoms with van der Waals surface area (Å²) in [4.78, 5) is 37.6. The average molecular weight is 1240 g/mol. The summed E-state index contributed by atoms with van der Waals surface area (Å²) >= 11 is 0. The molecule has 1 N–H and O–H groups in total.